The smallest absolute Gasteiger partial charge is 0.169 e. The molecule has 0 radical (unpaired) electrons. The minimum Gasteiger partial charge on any atom is -0.467 e. The lowest BCUT2D eigenvalue weighted by molar-refractivity contribution is 0.270. The molecule has 1 N–H and O–H groups in total. The maximum absolute atomic E-state index is 5.37. The first-order valence-electron chi connectivity index (χ1n) is 5.81. The topological polar surface area (TPSA) is 28.4 Å². The highest BCUT2D eigenvalue weighted by molar-refractivity contribution is 7.80. The van der Waals surface area contributed by atoms with Crippen LogP contribution in [0, 0.1) is 5.92 Å². The number of piperidine rings is 1. The molecule has 0 amide bonds. The van der Waals surface area contributed by atoms with Crippen LogP contribution in [0.1, 0.15) is 25.5 Å². The van der Waals surface area contributed by atoms with Crippen molar-refractivity contribution in [3.63, 3.8) is 0 Å². The molecule has 1 aliphatic rings. The quantitative estimate of drug-likeness (QED) is 0.801. The van der Waals surface area contributed by atoms with Crippen LogP contribution in [0.2, 0.25) is 0 Å². The first-order chi connectivity index (χ1) is 7.75. The molecule has 3 nitrogen and oxygen atoms in total. The first-order valence-corrected chi connectivity index (χ1v) is 6.21. The molecule has 1 aromatic rings. The first kappa shape index (κ1) is 11.5. The third-order valence-corrected chi connectivity index (χ3v) is 3.34. The SMILES string of the molecule is CC1CCCN(C(=S)NCc2ccco2)C1. The summed E-state index contributed by atoms with van der Waals surface area (Å²) in [6.45, 7) is 5.11. The van der Waals surface area contributed by atoms with E-state index in [4.69, 9.17) is 16.6 Å². The molecule has 0 bridgehead atoms. The Balaban J connectivity index is 1.79. The van der Waals surface area contributed by atoms with Crippen molar-refractivity contribution in [1.82, 2.24) is 10.2 Å². The summed E-state index contributed by atoms with van der Waals surface area (Å²) in [5, 5.41) is 4.09. The summed E-state index contributed by atoms with van der Waals surface area (Å²) in [4.78, 5) is 2.26. The molecule has 0 aliphatic carbocycles. The van der Waals surface area contributed by atoms with Crippen LogP contribution < -0.4 is 5.32 Å². The summed E-state index contributed by atoms with van der Waals surface area (Å²) < 4.78 is 5.25. The van der Waals surface area contributed by atoms with Gasteiger partial charge in [0.25, 0.3) is 0 Å². The van der Waals surface area contributed by atoms with Gasteiger partial charge < -0.3 is 14.6 Å². The van der Waals surface area contributed by atoms with Crippen LogP contribution >= 0.6 is 12.2 Å². The lowest BCUT2D eigenvalue weighted by Crippen LogP contribution is -2.44. The van der Waals surface area contributed by atoms with Crippen molar-refractivity contribution < 1.29 is 4.42 Å². The summed E-state index contributed by atoms with van der Waals surface area (Å²) in [5.74, 6) is 1.67. The van der Waals surface area contributed by atoms with E-state index in [9.17, 15) is 0 Å². The Hall–Kier alpha value is -1.03. The summed E-state index contributed by atoms with van der Waals surface area (Å²) in [6.07, 6.45) is 4.24. The molecule has 1 saturated heterocycles. The fourth-order valence-corrected chi connectivity index (χ4v) is 2.30. The van der Waals surface area contributed by atoms with Crippen molar-refractivity contribution in [3.8, 4) is 0 Å². The normalized spacial score (nSPS) is 20.8. The summed E-state index contributed by atoms with van der Waals surface area (Å²) in [6, 6.07) is 3.84. The zero-order valence-corrected chi connectivity index (χ0v) is 10.4. The number of hydrogen-bond donors (Lipinski definition) is 1. The van der Waals surface area contributed by atoms with Gasteiger partial charge >= 0.3 is 0 Å². The van der Waals surface area contributed by atoms with Gasteiger partial charge in [-0.15, -0.1) is 0 Å². The molecule has 1 unspecified atom stereocenters. The molecule has 0 saturated carbocycles. The summed E-state index contributed by atoms with van der Waals surface area (Å²) in [7, 11) is 0. The molecule has 88 valence electrons. The van der Waals surface area contributed by atoms with E-state index >= 15 is 0 Å². The molecule has 2 heterocycles. The molecule has 1 atom stereocenters. The van der Waals surface area contributed by atoms with Crippen LogP contribution in [-0.4, -0.2) is 23.1 Å². The van der Waals surface area contributed by atoms with Gasteiger partial charge in [0.15, 0.2) is 5.11 Å². The van der Waals surface area contributed by atoms with Gasteiger partial charge in [0.1, 0.15) is 5.76 Å². The second-order valence-electron chi connectivity index (χ2n) is 4.43. The minimum absolute atomic E-state index is 0.677. The Morgan fingerprint density at radius 2 is 2.56 bits per heavy atom. The van der Waals surface area contributed by atoms with Crippen LogP contribution in [0.25, 0.3) is 0 Å². The number of hydrogen-bond acceptors (Lipinski definition) is 2. The van der Waals surface area contributed by atoms with Crippen LogP contribution in [0.15, 0.2) is 22.8 Å². The van der Waals surface area contributed by atoms with Gasteiger partial charge in [0, 0.05) is 13.1 Å². The Morgan fingerprint density at radius 1 is 1.69 bits per heavy atom. The number of thiocarbonyl (C=S) groups is 1. The van der Waals surface area contributed by atoms with E-state index in [0.29, 0.717) is 6.54 Å². The molecule has 4 heteroatoms. The molecule has 1 aromatic heterocycles. The second kappa shape index (κ2) is 5.34. The van der Waals surface area contributed by atoms with Gasteiger partial charge in [-0.05, 0) is 43.1 Å². The number of nitrogens with one attached hydrogen (secondary N) is 1. The van der Waals surface area contributed by atoms with Crippen LogP contribution in [0.3, 0.4) is 0 Å². The number of rotatable bonds is 2. The summed E-state index contributed by atoms with van der Waals surface area (Å²) >= 11 is 5.37. The van der Waals surface area contributed by atoms with E-state index in [2.05, 4.69) is 17.1 Å². The van der Waals surface area contributed by atoms with Crippen molar-refractivity contribution in [2.24, 2.45) is 5.92 Å². The predicted molar refractivity (Wildman–Crippen MR) is 68.1 cm³/mol. The Bertz CT molecular complexity index is 337. The maximum Gasteiger partial charge on any atom is 0.169 e. The average Bonchev–Trinajstić information content (AvgIpc) is 2.78. The second-order valence-corrected chi connectivity index (χ2v) is 4.82. The van der Waals surface area contributed by atoms with E-state index < -0.39 is 0 Å². The van der Waals surface area contributed by atoms with Gasteiger partial charge in [0.05, 0.1) is 12.8 Å². The standard InChI is InChI=1S/C12H18N2OS/c1-10-4-2-6-14(9-10)12(16)13-8-11-5-3-7-15-11/h3,5,7,10H,2,4,6,8-9H2,1H3,(H,13,16). The van der Waals surface area contributed by atoms with Gasteiger partial charge in [0.2, 0.25) is 0 Å². The van der Waals surface area contributed by atoms with E-state index in [1.54, 1.807) is 6.26 Å². The predicted octanol–water partition coefficient (Wildman–Crippen LogP) is 2.39. The van der Waals surface area contributed by atoms with E-state index in [1.807, 2.05) is 12.1 Å². The van der Waals surface area contributed by atoms with E-state index in [0.717, 1.165) is 29.9 Å². The molecule has 0 aromatic carbocycles. The Labute approximate surface area is 102 Å². The lowest BCUT2D eigenvalue weighted by atomic mass is 10.0. The molecule has 1 fully saturated rings. The highest BCUT2D eigenvalue weighted by atomic mass is 32.1. The van der Waals surface area contributed by atoms with Crippen molar-refractivity contribution in [3.05, 3.63) is 24.2 Å². The molecule has 1 aliphatic heterocycles. The third-order valence-electron chi connectivity index (χ3n) is 2.94. The largest absolute Gasteiger partial charge is 0.467 e. The van der Waals surface area contributed by atoms with Crippen LogP contribution in [0.5, 0.6) is 0 Å². The lowest BCUT2D eigenvalue weighted by Gasteiger charge is -2.32. The van der Waals surface area contributed by atoms with Crippen molar-refractivity contribution in [2.45, 2.75) is 26.3 Å². The Kier molecular flexibility index (Phi) is 3.83. The number of likely N-dealkylation sites (tertiary alicyclic amines) is 1. The highest BCUT2D eigenvalue weighted by Crippen LogP contribution is 2.15. The van der Waals surface area contributed by atoms with E-state index in [1.165, 1.54) is 12.8 Å². The van der Waals surface area contributed by atoms with Gasteiger partial charge in [-0.25, -0.2) is 0 Å². The van der Waals surface area contributed by atoms with E-state index in [-0.39, 0.29) is 0 Å². The molecule has 2 rings (SSSR count). The van der Waals surface area contributed by atoms with Crippen molar-refractivity contribution in [1.29, 1.82) is 0 Å². The fourth-order valence-electron chi connectivity index (χ4n) is 2.06. The zero-order chi connectivity index (χ0) is 11.4. The van der Waals surface area contributed by atoms with Gasteiger partial charge in [-0.3, -0.25) is 0 Å². The minimum atomic E-state index is 0.677. The summed E-state index contributed by atoms with van der Waals surface area (Å²) in [5.41, 5.74) is 0. The highest BCUT2D eigenvalue weighted by Gasteiger charge is 2.18. The number of nitrogens with zero attached hydrogens (tertiary/aromatic N) is 1. The van der Waals surface area contributed by atoms with Gasteiger partial charge in [-0.2, -0.15) is 0 Å². The fraction of sp³-hybridized carbons (Fsp3) is 0.583. The number of furan rings is 1. The molecule has 0 spiro atoms. The monoisotopic (exact) mass is 238 g/mol. The molecular formula is C12H18N2OS. The zero-order valence-electron chi connectivity index (χ0n) is 9.61. The Morgan fingerprint density at radius 3 is 3.25 bits per heavy atom. The van der Waals surface area contributed by atoms with Crippen LogP contribution in [0.4, 0.5) is 0 Å². The van der Waals surface area contributed by atoms with Crippen molar-refractivity contribution in [2.75, 3.05) is 13.1 Å². The maximum atomic E-state index is 5.37. The van der Waals surface area contributed by atoms with Crippen molar-refractivity contribution >= 4 is 17.3 Å². The molecular weight excluding hydrogens is 220 g/mol. The molecule has 16 heavy (non-hydrogen) atoms. The van der Waals surface area contributed by atoms with Gasteiger partial charge in [-0.1, -0.05) is 6.92 Å². The average molecular weight is 238 g/mol. The third kappa shape index (κ3) is 2.98. The van der Waals surface area contributed by atoms with Crippen LogP contribution in [-0.2, 0) is 6.54 Å².